The van der Waals surface area contributed by atoms with E-state index >= 15 is 0 Å². The van der Waals surface area contributed by atoms with Crippen LogP contribution in [0.3, 0.4) is 0 Å². The molecule has 1 unspecified atom stereocenters. The standard InChI is InChI=1S/C30H32N2O4.CH4/c1-19-4-6-20(7-5-19)17-36-30-12-21-10-11-31-16-28-25(14-27(31)23(21)15-29(30)35-3)24-13-22(34-2)8-9-26(24)32(28)18-33;/h4-9,12-13,15,27,33H,10-11,14,16-18H2,1-3H3;1H4. The fourth-order valence-electron chi connectivity index (χ4n) is 5.85. The summed E-state index contributed by atoms with van der Waals surface area (Å²) >= 11 is 0. The molecule has 0 saturated carbocycles. The number of rotatable bonds is 6. The van der Waals surface area contributed by atoms with E-state index in [1.54, 1.807) is 14.2 Å². The predicted molar refractivity (Wildman–Crippen MR) is 147 cm³/mol. The number of nitrogens with zero attached hydrogens (tertiary/aromatic N) is 2. The summed E-state index contributed by atoms with van der Waals surface area (Å²) in [5, 5.41) is 11.4. The third kappa shape index (κ3) is 4.34. The average molecular weight is 501 g/mol. The molecular weight excluding hydrogens is 464 g/mol. The Labute approximate surface area is 219 Å². The smallest absolute Gasteiger partial charge is 0.161 e. The Hall–Kier alpha value is -3.48. The highest BCUT2D eigenvalue weighted by atomic mass is 16.5. The lowest BCUT2D eigenvalue weighted by molar-refractivity contribution is 0.145. The molecule has 0 fully saturated rings. The van der Waals surface area contributed by atoms with Crippen LogP contribution in [0, 0.1) is 6.92 Å². The summed E-state index contributed by atoms with van der Waals surface area (Å²) in [6.07, 6.45) is 1.84. The van der Waals surface area contributed by atoms with Gasteiger partial charge in [-0.1, -0.05) is 37.3 Å². The molecule has 0 amide bonds. The lowest BCUT2D eigenvalue weighted by Gasteiger charge is -2.41. The molecule has 37 heavy (non-hydrogen) atoms. The second-order valence-corrected chi connectivity index (χ2v) is 9.79. The Kier molecular flexibility index (Phi) is 6.88. The topological polar surface area (TPSA) is 56.1 Å². The molecule has 0 aliphatic carbocycles. The van der Waals surface area contributed by atoms with Gasteiger partial charge in [0.15, 0.2) is 11.5 Å². The molecule has 1 N–H and O–H groups in total. The van der Waals surface area contributed by atoms with Crippen molar-refractivity contribution in [3.8, 4) is 17.2 Å². The van der Waals surface area contributed by atoms with E-state index in [0.29, 0.717) is 6.61 Å². The van der Waals surface area contributed by atoms with Gasteiger partial charge in [-0.25, -0.2) is 0 Å². The number of benzene rings is 3. The van der Waals surface area contributed by atoms with Gasteiger partial charge in [0.25, 0.3) is 0 Å². The number of ether oxygens (including phenoxy) is 3. The molecule has 194 valence electrons. The minimum Gasteiger partial charge on any atom is -0.497 e. The molecular formula is C31H36N2O4. The quantitative estimate of drug-likeness (QED) is 0.363. The van der Waals surface area contributed by atoms with E-state index in [1.807, 2.05) is 10.6 Å². The highest BCUT2D eigenvalue weighted by molar-refractivity contribution is 5.87. The number of hydrogen-bond donors (Lipinski definition) is 1. The number of fused-ring (bicyclic) bond motifs is 6. The summed E-state index contributed by atoms with van der Waals surface area (Å²) in [5.74, 6) is 2.40. The van der Waals surface area contributed by atoms with E-state index in [9.17, 15) is 5.11 Å². The highest BCUT2D eigenvalue weighted by Gasteiger charge is 2.36. The van der Waals surface area contributed by atoms with E-state index in [4.69, 9.17) is 14.2 Å². The minimum atomic E-state index is -0.0250. The Balaban J connectivity index is 0.00000280. The summed E-state index contributed by atoms with van der Waals surface area (Å²) in [6.45, 7) is 4.36. The van der Waals surface area contributed by atoms with E-state index in [0.717, 1.165) is 59.6 Å². The van der Waals surface area contributed by atoms with Crippen LogP contribution in [0.5, 0.6) is 17.2 Å². The first-order valence-electron chi connectivity index (χ1n) is 12.5. The third-order valence-corrected chi connectivity index (χ3v) is 7.79. The number of aryl methyl sites for hydroxylation is 1. The first-order valence-corrected chi connectivity index (χ1v) is 12.5. The van der Waals surface area contributed by atoms with Gasteiger partial charge in [-0.2, -0.15) is 0 Å². The molecule has 0 radical (unpaired) electrons. The summed E-state index contributed by atoms with van der Waals surface area (Å²) in [5.41, 5.74) is 8.56. The highest BCUT2D eigenvalue weighted by Crippen LogP contribution is 2.45. The molecule has 6 nitrogen and oxygen atoms in total. The van der Waals surface area contributed by atoms with Gasteiger partial charge in [0, 0.05) is 30.2 Å². The van der Waals surface area contributed by atoms with Gasteiger partial charge < -0.3 is 23.9 Å². The number of aliphatic hydroxyl groups is 1. The van der Waals surface area contributed by atoms with Crippen molar-refractivity contribution in [3.05, 3.63) is 88.1 Å². The number of hydrogen-bond acceptors (Lipinski definition) is 5. The maximum atomic E-state index is 10.2. The zero-order valence-electron chi connectivity index (χ0n) is 21.1. The van der Waals surface area contributed by atoms with E-state index < -0.39 is 0 Å². The van der Waals surface area contributed by atoms with Crippen molar-refractivity contribution in [2.75, 3.05) is 20.8 Å². The number of aliphatic hydroxyl groups excluding tert-OH is 1. The van der Waals surface area contributed by atoms with Crippen LogP contribution >= 0.6 is 0 Å². The van der Waals surface area contributed by atoms with Crippen molar-refractivity contribution in [1.29, 1.82) is 0 Å². The van der Waals surface area contributed by atoms with Crippen molar-refractivity contribution in [3.63, 3.8) is 0 Å². The lowest BCUT2D eigenvalue weighted by atomic mass is 9.85. The van der Waals surface area contributed by atoms with Gasteiger partial charge in [-0.15, -0.1) is 0 Å². The third-order valence-electron chi connectivity index (χ3n) is 7.79. The molecule has 3 aromatic carbocycles. The van der Waals surface area contributed by atoms with Crippen LogP contribution in [0.2, 0.25) is 0 Å². The fraction of sp³-hybridized carbons (Fsp3) is 0.355. The zero-order valence-corrected chi connectivity index (χ0v) is 21.1. The molecule has 3 heterocycles. The second kappa shape index (κ2) is 10.1. The van der Waals surface area contributed by atoms with Crippen LogP contribution in [-0.4, -0.2) is 35.3 Å². The maximum absolute atomic E-state index is 10.2. The number of aromatic nitrogens is 1. The van der Waals surface area contributed by atoms with Crippen LogP contribution in [-0.2, 0) is 32.7 Å². The van der Waals surface area contributed by atoms with Crippen molar-refractivity contribution >= 4 is 10.9 Å². The van der Waals surface area contributed by atoms with Gasteiger partial charge in [-0.05, 0) is 72.4 Å². The molecule has 0 saturated heterocycles. The van der Waals surface area contributed by atoms with Crippen molar-refractivity contribution < 1.29 is 19.3 Å². The van der Waals surface area contributed by atoms with E-state index in [-0.39, 0.29) is 20.2 Å². The van der Waals surface area contributed by atoms with Gasteiger partial charge in [0.2, 0.25) is 0 Å². The van der Waals surface area contributed by atoms with Crippen molar-refractivity contribution in [2.45, 2.75) is 53.1 Å². The Morgan fingerprint density at radius 2 is 1.78 bits per heavy atom. The summed E-state index contributed by atoms with van der Waals surface area (Å²) in [7, 11) is 3.40. The molecule has 6 heteroatoms. The molecule has 6 rings (SSSR count). The van der Waals surface area contributed by atoms with Crippen LogP contribution in [0.1, 0.15) is 47.0 Å². The zero-order chi connectivity index (χ0) is 24.8. The molecule has 0 bridgehead atoms. The van der Waals surface area contributed by atoms with Crippen molar-refractivity contribution in [1.82, 2.24) is 9.47 Å². The minimum absolute atomic E-state index is 0. The summed E-state index contributed by atoms with van der Waals surface area (Å²) in [4.78, 5) is 2.53. The monoisotopic (exact) mass is 500 g/mol. The Bertz CT molecular complexity index is 1420. The summed E-state index contributed by atoms with van der Waals surface area (Å²) < 4.78 is 19.6. The van der Waals surface area contributed by atoms with Gasteiger partial charge in [0.05, 0.1) is 19.7 Å². The molecule has 4 aromatic rings. The van der Waals surface area contributed by atoms with Crippen LogP contribution in [0.25, 0.3) is 10.9 Å². The normalized spacial score (nSPS) is 16.4. The van der Waals surface area contributed by atoms with Crippen LogP contribution < -0.4 is 14.2 Å². The summed E-state index contributed by atoms with van der Waals surface area (Å²) in [6, 6.07) is 19.2. The SMILES string of the molecule is C.COc1ccc2c(c1)c1c(n2CO)CN2CCc3cc(OCc4ccc(C)cc4)c(OC)cc3C2C1. The van der Waals surface area contributed by atoms with Crippen LogP contribution in [0.4, 0.5) is 0 Å². The number of methoxy groups -OCH3 is 2. The van der Waals surface area contributed by atoms with Gasteiger partial charge in [0.1, 0.15) is 19.1 Å². The van der Waals surface area contributed by atoms with Crippen molar-refractivity contribution in [2.24, 2.45) is 0 Å². The fourth-order valence-corrected chi connectivity index (χ4v) is 5.85. The molecule has 1 atom stereocenters. The average Bonchev–Trinajstić information content (AvgIpc) is 3.22. The molecule has 2 aliphatic rings. The lowest BCUT2D eigenvalue weighted by Crippen LogP contribution is -2.39. The Morgan fingerprint density at radius 1 is 0.973 bits per heavy atom. The van der Waals surface area contributed by atoms with Crippen LogP contribution in [0.15, 0.2) is 54.6 Å². The first-order chi connectivity index (χ1) is 17.6. The molecule has 2 aliphatic heterocycles. The predicted octanol–water partition coefficient (Wildman–Crippen LogP) is 5.79. The van der Waals surface area contributed by atoms with E-state index in [1.165, 1.54) is 27.9 Å². The second-order valence-electron chi connectivity index (χ2n) is 9.79. The van der Waals surface area contributed by atoms with Gasteiger partial charge in [-0.3, -0.25) is 4.90 Å². The maximum Gasteiger partial charge on any atom is 0.161 e. The Morgan fingerprint density at radius 3 is 2.51 bits per heavy atom. The van der Waals surface area contributed by atoms with E-state index in [2.05, 4.69) is 60.4 Å². The molecule has 1 aromatic heterocycles. The largest absolute Gasteiger partial charge is 0.497 e. The first kappa shape index (κ1) is 25.2. The molecule has 0 spiro atoms. The van der Waals surface area contributed by atoms with Gasteiger partial charge >= 0.3 is 0 Å².